The molecule has 0 aliphatic carbocycles. The van der Waals surface area contributed by atoms with Crippen LogP contribution < -0.4 is 5.32 Å². The molecule has 19 heavy (non-hydrogen) atoms. The van der Waals surface area contributed by atoms with E-state index in [0.717, 1.165) is 10.6 Å². The van der Waals surface area contributed by atoms with E-state index in [-0.39, 0.29) is 0 Å². The molecule has 0 radical (unpaired) electrons. The highest BCUT2D eigenvalue weighted by Crippen LogP contribution is 2.31. The lowest BCUT2D eigenvalue weighted by Gasteiger charge is -2.10. The standard InChI is InChI=1S/C15H16N2S2/c1-9-4-6-14-12(8-9)17-15(19-14)16-11(3)13-7-5-10(2)18-13/h4-8,11H,1-3H3,(H,16,17). The van der Waals surface area contributed by atoms with Gasteiger partial charge in [-0.1, -0.05) is 17.4 Å². The summed E-state index contributed by atoms with van der Waals surface area (Å²) < 4.78 is 1.24. The fraction of sp³-hybridized carbons (Fsp3) is 0.267. The summed E-state index contributed by atoms with van der Waals surface area (Å²) in [5.74, 6) is 0. The number of aryl methyl sites for hydroxylation is 2. The van der Waals surface area contributed by atoms with Gasteiger partial charge in [0.05, 0.1) is 16.3 Å². The van der Waals surface area contributed by atoms with Gasteiger partial charge in [-0.3, -0.25) is 0 Å². The van der Waals surface area contributed by atoms with Gasteiger partial charge in [0.1, 0.15) is 0 Å². The lowest BCUT2D eigenvalue weighted by molar-refractivity contribution is 0.905. The Labute approximate surface area is 121 Å². The van der Waals surface area contributed by atoms with E-state index >= 15 is 0 Å². The topological polar surface area (TPSA) is 24.9 Å². The van der Waals surface area contributed by atoms with Gasteiger partial charge in [-0.15, -0.1) is 11.3 Å². The lowest BCUT2D eigenvalue weighted by Crippen LogP contribution is -2.03. The first kappa shape index (κ1) is 12.6. The third-order valence-electron chi connectivity index (χ3n) is 3.07. The van der Waals surface area contributed by atoms with E-state index in [1.54, 1.807) is 11.3 Å². The first-order valence-electron chi connectivity index (χ1n) is 6.32. The summed E-state index contributed by atoms with van der Waals surface area (Å²) >= 11 is 3.56. The van der Waals surface area contributed by atoms with E-state index in [1.807, 2.05) is 11.3 Å². The van der Waals surface area contributed by atoms with E-state index < -0.39 is 0 Å². The number of nitrogens with one attached hydrogen (secondary N) is 1. The molecule has 2 nitrogen and oxygen atoms in total. The van der Waals surface area contributed by atoms with E-state index in [2.05, 4.69) is 61.4 Å². The SMILES string of the molecule is Cc1ccc2sc(NC(C)c3ccc(C)s3)nc2c1. The number of aromatic nitrogens is 1. The molecule has 1 unspecified atom stereocenters. The molecule has 1 atom stereocenters. The Morgan fingerprint density at radius 2 is 1.95 bits per heavy atom. The number of hydrogen-bond acceptors (Lipinski definition) is 4. The highest BCUT2D eigenvalue weighted by Gasteiger charge is 2.10. The third-order valence-corrected chi connectivity index (χ3v) is 5.22. The molecule has 0 spiro atoms. The minimum absolute atomic E-state index is 0.306. The zero-order chi connectivity index (χ0) is 13.4. The highest BCUT2D eigenvalue weighted by atomic mass is 32.1. The second-order valence-corrected chi connectivity index (χ2v) is 7.15. The fourth-order valence-corrected chi connectivity index (χ4v) is 3.85. The van der Waals surface area contributed by atoms with Crippen LogP contribution in [0.2, 0.25) is 0 Å². The maximum Gasteiger partial charge on any atom is 0.184 e. The summed E-state index contributed by atoms with van der Waals surface area (Å²) in [4.78, 5) is 7.36. The molecule has 0 amide bonds. The van der Waals surface area contributed by atoms with Crippen molar-refractivity contribution in [3.05, 3.63) is 45.6 Å². The summed E-state index contributed by atoms with van der Waals surface area (Å²) in [5.41, 5.74) is 2.34. The molecule has 1 aromatic carbocycles. The second kappa shape index (κ2) is 4.94. The van der Waals surface area contributed by atoms with Gasteiger partial charge in [0, 0.05) is 9.75 Å². The predicted octanol–water partition coefficient (Wildman–Crippen LogP) is 5.15. The van der Waals surface area contributed by atoms with Gasteiger partial charge >= 0.3 is 0 Å². The molecule has 2 aromatic heterocycles. The molecule has 3 aromatic rings. The quantitative estimate of drug-likeness (QED) is 0.721. The summed E-state index contributed by atoms with van der Waals surface area (Å²) in [6.07, 6.45) is 0. The maximum atomic E-state index is 4.66. The van der Waals surface area contributed by atoms with Crippen molar-refractivity contribution in [1.82, 2.24) is 4.98 Å². The van der Waals surface area contributed by atoms with Crippen LogP contribution in [0.15, 0.2) is 30.3 Å². The van der Waals surface area contributed by atoms with Crippen LogP contribution in [0.25, 0.3) is 10.2 Å². The maximum absolute atomic E-state index is 4.66. The molecule has 98 valence electrons. The van der Waals surface area contributed by atoms with Crippen LogP contribution in [-0.4, -0.2) is 4.98 Å². The second-order valence-electron chi connectivity index (χ2n) is 4.80. The van der Waals surface area contributed by atoms with E-state index in [1.165, 1.54) is 20.0 Å². The summed E-state index contributed by atoms with van der Waals surface area (Å²) in [7, 11) is 0. The van der Waals surface area contributed by atoms with Crippen molar-refractivity contribution in [3.8, 4) is 0 Å². The van der Waals surface area contributed by atoms with Crippen molar-refractivity contribution in [1.29, 1.82) is 0 Å². The molecule has 4 heteroatoms. The summed E-state index contributed by atoms with van der Waals surface area (Å²) in [6, 6.07) is 11.1. The van der Waals surface area contributed by atoms with E-state index in [9.17, 15) is 0 Å². The first-order valence-corrected chi connectivity index (χ1v) is 7.95. The van der Waals surface area contributed by atoms with E-state index in [0.29, 0.717) is 6.04 Å². The molecular weight excluding hydrogens is 272 g/mol. The van der Waals surface area contributed by atoms with Crippen LogP contribution in [-0.2, 0) is 0 Å². The Balaban J connectivity index is 1.85. The molecule has 0 bridgehead atoms. The van der Waals surface area contributed by atoms with Crippen LogP contribution >= 0.6 is 22.7 Å². The van der Waals surface area contributed by atoms with Gasteiger partial charge in [0.25, 0.3) is 0 Å². The minimum Gasteiger partial charge on any atom is -0.354 e. The Kier molecular flexibility index (Phi) is 3.29. The van der Waals surface area contributed by atoms with E-state index in [4.69, 9.17) is 0 Å². The fourth-order valence-electron chi connectivity index (χ4n) is 2.04. The zero-order valence-corrected chi connectivity index (χ0v) is 12.9. The Morgan fingerprint density at radius 3 is 2.68 bits per heavy atom. The molecule has 0 saturated heterocycles. The van der Waals surface area contributed by atoms with Crippen molar-refractivity contribution >= 4 is 38.0 Å². The zero-order valence-electron chi connectivity index (χ0n) is 11.2. The van der Waals surface area contributed by atoms with Crippen molar-refractivity contribution in [2.45, 2.75) is 26.8 Å². The predicted molar refractivity (Wildman–Crippen MR) is 85.5 cm³/mol. The summed E-state index contributed by atoms with van der Waals surface area (Å²) in [6.45, 7) is 6.42. The average molecular weight is 288 g/mol. The number of rotatable bonds is 3. The number of thiophene rings is 1. The smallest absolute Gasteiger partial charge is 0.184 e. The molecule has 1 N–H and O–H groups in total. The number of benzene rings is 1. The van der Waals surface area contributed by atoms with Crippen LogP contribution in [0.1, 0.15) is 28.3 Å². The van der Waals surface area contributed by atoms with Crippen molar-refractivity contribution in [3.63, 3.8) is 0 Å². The number of anilines is 1. The number of fused-ring (bicyclic) bond motifs is 1. The Bertz CT molecular complexity index is 712. The van der Waals surface area contributed by atoms with Gasteiger partial charge in [-0.25, -0.2) is 4.98 Å². The average Bonchev–Trinajstić information content (AvgIpc) is 2.94. The first-order chi connectivity index (χ1) is 9.11. The normalized spacial score (nSPS) is 12.8. The van der Waals surface area contributed by atoms with Crippen LogP contribution in [0, 0.1) is 13.8 Å². The Morgan fingerprint density at radius 1 is 1.11 bits per heavy atom. The van der Waals surface area contributed by atoms with Crippen molar-refractivity contribution in [2.24, 2.45) is 0 Å². The number of hydrogen-bond donors (Lipinski definition) is 1. The van der Waals surface area contributed by atoms with Gasteiger partial charge in [0.15, 0.2) is 5.13 Å². The third kappa shape index (κ3) is 2.65. The largest absolute Gasteiger partial charge is 0.354 e. The van der Waals surface area contributed by atoms with Gasteiger partial charge in [-0.2, -0.15) is 0 Å². The molecule has 0 aliphatic rings. The monoisotopic (exact) mass is 288 g/mol. The van der Waals surface area contributed by atoms with Crippen LogP contribution in [0.5, 0.6) is 0 Å². The number of nitrogens with zero attached hydrogens (tertiary/aromatic N) is 1. The van der Waals surface area contributed by atoms with Gasteiger partial charge < -0.3 is 5.32 Å². The van der Waals surface area contributed by atoms with Gasteiger partial charge in [0.2, 0.25) is 0 Å². The molecule has 0 fully saturated rings. The van der Waals surface area contributed by atoms with Crippen molar-refractivity contribution in [2.75, 3.05) is 5.32 Å². The lowest BCUT2D eigenvalue weighted by atomic mass is 10.2. The number of thiazole rings is 1. The van der Waals surface area contributed by atoms with Crippen LogP contribution in [0.3, 0.4) is 0 Å². The molecule has 2 heterocycles. The Hall–Kier alpha value is -1.39. The molecule has 3 rings (SSSR count). The minimum atomic E-state index is 0.306. The van der Waals surface area contributed by atoms with Crippen LogP contribution in [0.4, 0.5) is 5.13 Å². The summed E-state index contributed by atoms with van der Waals surface area (Å²) in [5, 5.41) is 4.50. The van der Waals surface area contributed by atoms with Crippen molar-refractivity contribution < 1.29 is 0 Å². The molecular formula is C15H16N2S2. The molecule has 0 saturated carbocycles. The van der Waals surface area contributed by atoms with Gasteiger partial charge in [-0.05, 0) is 50.6 Å². The highest BCUT2D eigenvalue weighted by molar-refractivity contribution is 7.22. The molecule has 0 aliphatic heterocycles.